The van der Waals surface area contributed by atoms with E-state index in [4.69, 9.17) is 0 Å². The molecule has 0 unspecified atom stereocenters. The van der Waals surface area contributed by atoms with E-state index in [1.807, 2.05) is 11.3 Å². The Kier molecular flexibility index (Phi) is 8.61. The predicted octanol–water partition coefficient (Wildman–Crippen LogP) is 17.9. The first kappa shape index (κ1) is 37.5. The van der Waals surface area contributed by atoms with Crippen molar-refractivity contribution in [2.24, 2.45) is 0 Å². The monoisotopic (exact) mass is 800 g/mol. The molecule has 61 heavy (non-hydrogen) atoms. The molecule has 11 rings (SSSR count). The van der Waals surface area contributed by atoms with Gasteiger partial charge in [-0.2, -0.15) is 0 Å². The van der Waals surface area contributed by atoms with E-state index < -0.39 is 0 Å². The van der Waals surface area contributed by atoms with Gasteiger partial charge in [-0.05, 0) is 122 Å². The third-order valence-electron chi connectivity index (χ3n) is 12.9. The number of hydrogen-bond donors (Lipinski definition) is 0. The van der Waals surface area contributed by atoms with Gasteiger partial charge in [0.1, 0.15) is 0 Å². The molecule has 0 atom stereocenters. The molecule has 0 aliphatic heterocycles. The minimum absolute atomic E-state index is 0.00738. The van der Waals surface area contributed by atoms with Gasteiger partial charge < -0.3 is 0 Å². The third-order valence-corrected chi connectivity index (χ3v) is 14.1. The molecule has 0 aliphatic rings. The van der Waals surface area contributed by atoms with Crippen LogP contribution in [0, 0.1) is 0 Å². The van der Waals surface area contributed by atoms with Crippen LogP contribution in [0.3, 0.4) is 0 Å². The highest BCUT2D eigenvalue weighted by Gasteiger charge is 2.26. The van der Waals surface area contributed by atoms with E-state index in [9.17, 15) is 0 Å². The Balaban J connectivity index is 1.26. The van der Waals surface area contributed by atoms with Crippen molar-refractivity contribution in [1.82, 2.24) is 0 Å². The second kappa shape index (κ2) is 14.0. The molecule has 0 nitrogen and oxygen atoms in total. The summed E-state index contributed by atoms with van der Waals surface area (Å²) in [6, 6.07) is 68.6. The van der Waals surface area contributed by atoms with Crippen molar-refractivity contribution < 1.29 is 0 Å². The maximum absolute atomic E-state index is 2.46. The summed E-state index contributed by atoms with van der Waals surface area (Å²) in [5.74, 6) is 0. The SMILES string of the molecule is CC(C)(C)c1cc(-c2c3ccccc3c(-c3cccc4sc5cccc(-c6c7ccccc7c(-c7ccccc7)c7ccccc67)c5c34)c3ccccc23)cc(C(C)(C)C)c1. The van der Waals surface area contributed by atoms with Gasteiger partial charge in [0.2, 0.25) is 0 Å². The second-order valence-corrected chi connectivity index (χ2v) is 19.9. The summed E-state index contributed by atoms with van der Waals surface area (Å²) in [7, 11) is 0. The van der Waals surface area contributed by atoms with Gasteiger partial charge in [0.15, 0.2) is 0 Å². The quantitative estimate of drug-likeness (QED) is 0.156. The molecular weight excluding hydrogens is 753 g/mol. The smallest absolute Gasteiger partial charge is 0.0361 e. The Hall–Kier alpha value is -6.54. The molecule has 11 aromatic rings. The summed E-state index contributed by atoms with van der Waals surface area (Å²) in [5, 5.41) is 12.9. The fraction of sp³-hybridized carbons (Fsp3) is 0.133. The van der Waals surface area contributed by atoms with E-state index >= 15 is 0 Å². The highest BCUT2D eigenvalue weighted by molar-refractivity contribution is 7.26. The van der Waals surface area contributed by atoms with Gasteiger partial charge in [-0.3, -0.25) is 0 Å². The average molecular weight is 801 g/mol. The van der Waals surface area contributed by atoms with Gasteiger partial charge in [-0.25, -0.2) is 0 Å². The van der Waals surface area contributed by atoms with Crippen molar-refractivity contribution in [2.75, 3.05) is 0 Å². The van der Waals surface area contributed by atoms with E-state index in [1.54, 1.807) is 0 Å². The third kappa shape index (κ3) is 6.01. The minimum Gasteiger partial charge on any atom is -0.135 e. The van der Waals surface area contributed by atoms with Crippen LogP contribution in [0.2, 0.25) is 0 Å². The van der Waals surface area contributed by atoms with Gasteiger partial charge in [0.05, 0.1) is 0 Å². The average Bonchev–Trinajstić information content (AvgIpc) is 3.66. The molecule has 0 saturated heterocycles. The Labute approximate surface area is 362 Å². The van der Waals surface area contributed by atoms with Crippen molar-refractivity contribution in [2.45, 2.75) is 52.4 Å². The molecular formula is C60H48S. The van der Waals surface area contributed by atoms with Crippen LogP contribution in [0.1, 0.15) is 52.7 Å². The zero-order valence-corrected chi connectivity index (χ0v) is 36.5. The summed E-state index contributed by atoms with van der Waals surface area (Å²) < 4.78 is 2.61. The van der Waals surface area contributed by atoms with E-state index in [-0.39, 0.29) is 10.8 Å². The molecule has 0 bridgehead atoms. The number of rotatable bonds is 4. The second-order valence-electron chi connectivity index (χ2n) is 18.8. The summed E-state index contributed by atoms with van der Waals surface area (Å²) >= 11 is 1.91. The van der Waals surface area contributed by atoms with Gasteiger partial charge in [-0.1, -0.05) is 211 Å². The van der Waals surface area contributed by atoms with Crippen LogP contribution in [-0.4, -0.2) is 0 Å². The van der Waals surface area contributed by atoms with E-state index in [0.29, 0.717) is 0 Å². The summed E-state index contributed by atoms with van der Waals surface area (Å²) in [5.41, 5.74) is 13.0. The first-order chi connectivity index (χ1) is 29.6. The molecule has 1 aromatic heterocycles. The molecule has 294 valence electrons. The lowest BCUT2D eigenvalue weighted by Crippen LogP contribution is -2.16. The zero-order valence-electron chi connectivity index (χ0n) is 35.7. The highest BCUT2D eigenvalue weighted by atomic mass is 32.1. The summed E-state index contributed by atoms with van der Waals surface area (Å²) in [6.07, 6.45) is 0. The van der Waals surface area contributed by atoms with Crippen LogP contribution in [0.4, 0.5) is 0 Å². The standard InChI is InChI=1S/C60H48S/c1-59(2,3)39-34-38(35-40(36-39)60(4,5)6)54-43-24-12-16-28-47(43)56(48-29-17-13-25-44(48)54)50-31-19-33-52-58(50)57-49(30-18-32-51(57)61-52)55-45-26-14-10-22-41(45)53(37-20-8-7-9-21-37)42-23-11-15-27-46(42)55/h7-36H,1-6H3. The maximum atomic E-state index is 2.46. The molecule has 0 N–H and O–H groups in total. The van der Waals surface area contributed by atoms with Crippen molar-refractivity contribution in [3.05, 3.63) is 193 Å². The van der Waals surface area contributed by atoms with Gasteiger partial charge in [0, 0.05) is 20.2 Å². The number of thiophene rings is 1. The molecule has 0 aliphatic carbocycles. The molecule has 1 heterocycles. The largest absolute Gasteiger partial charge is 0.135 e. The van der Waals surface area contributed by atoms with E-state index in [1.165, 1.54) is 119 Å². The molecule has 1 heteroatoms. The molecule has 0 saturated carbocycles. The zero-order chi connectivity index (χ0) is 41.6. The number of benzene rings is 10. The molecule has 0 amide bonds. The van der Waals surface area contributed by atoms with Crippen LogP contribution >= 0.6 is 11.3 Å². The molecule has 0 radical (unpaired) electrons. The van der Waals surface area contributed by atoms with Crippen molar-refractivity contribution in [1.29, 1.82) is 0 Å². The lowest BCUT2D eigenvalue weighted by atomic mass is 9.77. The Morgan fingerprint density at radius 2 is 0.623 bits per heavy atom. The maximum Gasteiger partial charge on any atom is 0.0361 e. The first-order valence-corrected chi connectivity index (χ1v) is 22.4. The normalized spacial score (nSPS) is 12.4. The Bertz CT molecular complexity index is 3390. The fourth-order valence-corrected chi connectivity index (χ4v) is 11.1. The lowest BCUT2D eigenvalue weighted by Gasteiger charge is -2.27. The van der Waals surface area contributed by atoms with Crippen LogP contribution < -0.4 is 0 Å². The van der Waals surface area contributed by atoms with E-state index in [2.05, 4.69) is 224 Å². The van der Waals surface area contributed by atoms with Crippen molar-refractivity contribution >= 4 is 74.6 Å². The van der Waals surface area contributed by atoms with Crippen LogP contribution in [0.15, 0.2) is 182 Å². The topological polar surface area (TPSA) is 0 Å². The van der Waals surface area contributed by atoms with E-state index in [0.717, 1.165) is 0 Å². The van der Waals surface area contributed by atoms with Crippen LogP contribution in [-0.2, 0) is 10.8 Å². The highest BCUT2D eigenvalue weighted by Crippen LogP contribution is 2.52. The molecule has 0 fully saturated rings. The van der Waals surface area contributed by atoms with Crippen molar-refractivity contribution in [3.8, 4) is 44.5 Å². The molecule has 10 aromatic carbocycles. The molecule has 0 spiro atoms. The summed E-state index contributed by atoms with van der Waals surface area (Å²) in [4.78, 5) is 0. The van der Waals surface area contributed by atoms with Crippen LogP contribution in [0.5, 0.6) is 0 Å². The Morgan fingerprint density at radius 1 is 0.295 bits per heavy atom. The summed E-state index contributed by atoms with van der Waals surface area (Å²) in [6.45, 7) is 14.0. The van der Waals surface area contributed by atoms with Gasteiger partial charge >= 0.3 is 0 Å². The predicted molar refractivity (Wildman–Crippen MR) is 268 cm³/mol. The Morgan fingerprint density at radius 3 is 0.984 bits per heavy atom. The van der Waals surface area contributed by atoms with Crippen molar-refractivity contribution in [3.63, 3.8) is 0 Å². The van der Waals surface area contributed by atoms with Crippen LogP contribution in [0.25, 0.3) is 108 Å². The minimum atomic E-state index is 0.00738. The van der Waals surface area contributed by atoms with Gasteiger partial charge in [0.25, 0.3) is 0 Å². The number of hydrogen-bond acceptors (Lipinski definition) is 1. The lowest BCUT2D eigenvalue weighted by molar-refractivity contribution is 0.569. The van der Waals surface area contributed by atoms with Gasteiger partial charge in [-0.15, -0.1) is 11.3 Å². The number of fused-ring (bicyclic) bond motifs is 7. The fourth-order valence-electron chi connectivity index (χ4n) is 9.99. The first-order valence-electron chi connectivity index (χ1n) is 21.6.